The van der Waals surface area contributed by atoms with Crippen LogP contribution in [-0.2, 0) is 26.2 Å². The van der Waals surface area contributed by atoms with Gasteiger partial charge in [0, 0.05) is 31.6 Å². The second-order valence-electron chi connectivity index (χ2n) is 7.31. The van der Waals surface area contributed by atoms with Gasteiger partial charge in [0.2, 0.25) is 11.8 Å². The molecule has 1 aliphatic heterocycles. The van der Waals surface area contributed by atoms with Crippen LogP contribution in [0.1, 0.15) is 35.7 Å². The van der Waals surface area contributed by atoms with Crippen molar-refractivity contribution < 1.29 is 22.8 Å². The Hall–Kier alpha value is -2.91. The molecule has 0 saturated heterocycles. The molecule has 0 bridgehead atoms. The highest BCUT2D eigenvalue weighted by atomic mass is 35.5. The van der Waals surface area contributed by atoms with Crippen molar-refractivity contribution >= 4 is 39.3 Å². The highest BCUT2D eigenvalue weighted by Crippen LogP contribution is 2.30. The maximum atomic E-state index is 13.2. The molecule has 2 aromatic rings. The number of likely N-dealkylation sites (N-methyl/N-ethyl adjacent to an activating group) is 1. The minimum atomic E-state index is -4.01. The fourth-order valence-corrected chi connectivity index (χ4v) is 5.36. The average molecular weight is 478 g/mol. The van der Waals surface area contributed by atoms with Crippen molar-refractivity contribution in [3.05, 3.63) is 64.7 Å². The van der Waals surface area contributed by atoms with Gasteiger partial charge in [-0.15, -0.1) is 0 Å². The fourth-order valence-electron chi connectivity index (χ4n) is 3.67. The number of amides is 3. The molecule has 0 radical (unpaired) electrons. The zero-order chi connectivity index (χ0) is 23.5. The van der Waals surface area contributed by atoms with Gasteiger partial charge >= 0.3 is 0 Å². The van der Waals surface area contributed by atoms with Gasteiger partial charge in [-0.2, -0.15) is 0 Å². The van der Waals surface area contributed by atoms with E-state index in [-0.39, 0.29) is 35.9 Å². The SMILES string of the molecule is CC[C@H](C(=O)NC)N(Cc1ccc(Cl)cc1)C(=O)CCN1C(=O)c2ccccc2S1(=O)=O. The van der Waals surface area contributed by atoms with Gasteiger partial charge in [-0.1, -0.05) is 42.8 Å². The molecule has 1 atom stereocenters. The smallest absolute Gasteiger partial charge is 0.269 e. The Kier molecular flexibility index (Phi) is 7.20. The maximum Gasteiger partial charge on any atom is 0.269 e. The van der Waals surface area contributed by atoms with Gasteiger partial charge in [-0.25, -0.2) is 12.7 Å². The van der Waals surface area contributed by atoms with Gasteiger partial charge in [0.15, 0.2) is 0 Å². The van der Waals surface area contributed by atoms with Crippen molar-refractivity contribution in [1.82, 2.24) is 14.5 Å². The Labute approximate surface area is 192 Å². The predicted molar refractivity (Wildman–Crippen MR) is 119 cm³/mol. The number of benzene rings is 2. The molecular weight excluding hydrogens is 454 g/mol. The van der Waals surface area contributed by atoms with Gasteiger partial charge in [0.05, 0.1) is 5.56 Å². The van der Waals surface area contributed by atoms with Crippen molar-refractivity contribution in [2.24, 2.45) is 0 Å². The summed E-state index contributed by atoms with van der Waals surface area (Å²) in [5.41, 5.74) is 0.858. The number of sulfonamides is 1. The van der Waals surface area contributed by atoms with E-state index < -0.39 is 27.9 Å². The van der Waals surface area contributed by atoms with Crippen molar-refractivity contribution in [2.45, 2.75) is 37.2 Å². The summed E-state index contributed by atoms with van der Waals surface area (Å²) in [5, 5.41) is 3.10. The van der Waals surface area contributed by atoms with Crippen molar-refractivity contribution in [3.63, 3.8) is 0 Å². The molecule has 0 saturated carbocycles. The topological polar surface area (TPSA) is 104 Å². The Morgan fingerprint density at radius 1 is 1.12 bits per heavy atom. The first-order valence-corrected chi connectivity index (χ1v) is 11.9. The average Bonchev–Trinajstić information content (AvgIpc) is 2.98. The Balaban J connectivity index is 1.81. The van der Waals surface area contributed by atoms with E-state index in [1.54, 1.807) is 43.3 Å². The Morgan fingerprint density at radius 3 is 2.38 bits per heavy atom. The van der Waals surface area contributed by atoms with E-state index in [0.717, 1.165) is 9.87 Å². The first-order chi connectivity index (χ1) is 15.2. The molecule has 170 valence electrons. The third-order valence-electron chi connectivity index (χ3n) is 5.34. The molecule has 0 aliphatic carbocycles. The van der Waals surface area contributed by atoms with Crippen LogP contribution in [0.15, 0.2) is 53.4 Å². The molecule has 0 aromatic heterocycles. The molecule has 32 heavy (non-hydrogen) atoms. The van der Waals surface area contributed by atoms with E-state index in [9.17, 15) is 22.8 Å². The van der Waals surface area contributed by atoms with Crippen LogP contribution >= 0.6 is 11.6 Å². The van der Waals surface area contributed by atoms with Gasteiger partial charge in [-0.3, -0.25) is 14.4 Å². The molecule has 3 amide bonds. The Bertz CT molecular complexity index is 1130. The number of carbonyl (C=O) groups excluding carboxylic acids is 3. The van der Waals surface area contributed by atoms with E-state index in [1.807, 2.05) is 0 Å². The molecule has 8 nitrogen and oxygen atoms in total. The number of rotatable bonds is 8. The van der Waals surface area contributed by atoms with Crippen LogP contribution in [0, 0.1) is 0 Å². The summed E-state index contributed by atoms with van der Waals surface area (Å²) in [6.45, 7) is 1.62. The quantitative estimate of drug-likeness (QED) is 0.628. The summed E-state index contributed by atoms with van der Waals surface area (Å²) in [4.78, 5) is 39.5. The number of hydrogen-bond acceptors (Lipinski definition) is 5. The molecule has 1 aliphatic rings. The molecule has 1 heterocycles. The van der Waals surface area contributed by atoms with Crippen LogP contribution in [0.3, 0.4) is 0 Å². The number of fused-ring (bicyclic) bond motifs is 1. The maximum absolute atomic E-state index is 13.2. The minimum absolute atomic E-state index is 0.0627. The van der Waals surface area contributed by atoms with Gasteiger partial charge in [-0.05, 0) is 36.2 Å². The highest BCUT2D eigenvalue weighted by molar-refractivity contribution is 7.90. The normalized spacial score (nSPS) is 15.2. The standard InChI is InChI=1S/C22H24ClN3O5S/c1-3-18(21(28)24-2)25(14-15-8-10-16(23)11-9-15)20(27)12-13-26-22(29)17-6-4-5-7-19(17)32(26,30)31/h4-11,18H,3,12-14H2,1-2H3,(H,24,28)/t18-/m1/s1. The predicted octanol–water partition coefficient (Wildman–Crippen LogP) is 2.43. The minimum Gasteiger partial charge on any atom is -0.357 e. The van der Waals surface area contributed by atoms with Crippen molar-refractivity contribution in [2.75, 3.05) is 13.6 Å². The zero-order valence-corrected chi connectivity index (χ0v) is 19.3. The molecule has 0 spiro atoms. The summed E-state index contributed by atoms with van der Waals surface area (Å²) in [7, 11) is -2.52. The van der Waals surface area contributed by atoms with E-state index in [4.69, 9.17) is 11.6 Å². The van der Waals surface area contributed by atoms with Gasteiger partial charge in [0.25, 0.3) is 15.9 Å². The largest absolute Gasteiger partial charge is 0.357 e. The monoisotopic (exact) mass is 477 g/mol. The molecule has 10 heteroatoms. The lowest BCUT2D eigenvalue weighted by molar-refractivity contribution is -0.141. The second-order valence-corrected chi connectivity index (χ2v) is 9.58. The lowest BCUT2D eigenvalue weighted by atomic mass is 10.1. The van der Waals surface area contributed by atoms with Crippen LogP contribution in [0.2, 0.25) is 5.02 Å². The summed E-state index contributed by atoms with van der Waals surface area (Å²) < 4.78 is 26.2. The fraction of sp³-hybridized carbons (Fsp3) is 0.318. The molecule has 1 N–H and O–H groups in total. The van der Waals surface area contributed by atoms with Crippen LogP contribution in [0.25, 0.3) is 0 Å². The summed E-state index contributed by atoms with van der Waals surface area (Å²) >= 11 is 5.94. The van der Waals surface area contributed by atoms with E-state index >= 15 is 0 Å². The van der Waals surface area contributed by atoms with Crippen molar-refractivity contribution in [1.29, 1.82) is 0 Å². The first kappa shape index (κ1) is 23.7. The molecule has 2 aromatic carbocycles. The van der Waals surface area contributed by atoms with Crippen molar-refractivity contribution in [3.8, 4) is 0 Å². The summed E-state index contributed by atoms with van der Waals surface area (Å²) in [5.74, 6) is -1.42. The third-order valence-corrected chi connectivity index (χ3v) is 7.43. The number of halogens is 1. The molecular formula is C22H24ClN3O5S. The first-order valence-electron chi connectivity index (χ1n) is 10.1. The third kappa shape index (κ3) is 4.63. The van der Waals surface area contributed by atoms with E-state index in [2.05, 4.69) is 5.32 Å². The van der Waals surface area contributed by atoms with Crippen LogP contribution < -0.4 is 5.32 Å². The summed E-state index contributed by atoms with van der Waals surface area (Å²) in [6.07, 6.45) is 0.116. The van der Waals surface area contributed by atoms with E-state index in [1.165, 1.54) is 24.1 Å². The van der Waals surface area contributed by atoms with Crippen LogP contribution in [0.5, 0.6) is 0 Å². The number of carbonyl (C=O) groups is 3. The summed E-state index contributed by atoms with van der Waals surface area (Å²) in [6, 6.07) is 12.1. The van der Waals surface area contributed by atoms with Gasteiger partial charge < -0.3 is 10.2 Å². The number of nitrogens with one attached hydrogen (secondary N) is 1. The van der Waals surface area contributed by atoms with E-state index in [0.29, 0.717) is 11.4 Å². The number of nitrogens with zero attached hydrogens (tertiary/aromatic N) is 2. The molecule has 0 unspecified atom stereocenters. The van der Waals surface area contributed by atoms with Gasteiger partial charge in [0.1, 0.15) is 10.9 Å². The molecule has 3 rings (SSSR count). The van der Waals surface area contributed by atoms with Crippen LogP contribution in [-0.4, -0.2) is 55.0 Å². The Morgan fingerprint density at radius 2 is 1.78 bits per heavy atom. The van der Waals surface area contributed by atoms with Crippen LogP contribution in [0.4, 0.5) is 0 Å². The lowest BCUT2D eigenvalue weighted by Gasteiger charge is -2.30. The second kappa shape index (κ2) is 9.70. The molecule has 0 fully saturated rings. The zero-order valence-electron chi connectivity index (χ0n) is 17.7. The highest BCUT2D eigenvalue weighted by Gasteiger charge is 2.41. The number of hydrogen-bond donors (Lipinski definition) is 1. The lowest BCUT2D eigenvalue weighted by Crippen LogP contribution is -2.49.